The molecule has 0 saturated heterocycles. The van der Waals surface area contributed by atoms with Gasteiger partial charge in [-0.15, -0.1) is 0 Å². The Bertz CT molecular complexity index is 321. The van der Waals surface area contributed by atoms with Gasteiger partial charge >= 0.3 is 23.9 Å². The quantitative estimate of drug-likeness (QED) is 0.302. The summed E-state index contributed by atoms with van der Waals surface area (Å²) in [6.45, 7) is -2.25. The van der Waals surface area contributed by atoms with Gasteiger partial charge in [0.1, 0.15) is 0 Å². The van der Waals surface area contributed by atoms with E-state index in [1.165, 1.54) is 0 Å². The number of hydrogen-bond acceptors (Lipinski definition) is 6. The van der Waals surface area contributed by atoms with Gasteiger partial charge < -0.3 is 20.4 Å². The molecule has 0 saturated carbocycles. The minimum atomic E-state index is -1.23. The van der Waals surface area contributed by atoms with Gasteiger partial charge in [0, 0.05) is 36.1 Å². The van der Waals surface area contributed by atoms with Crippen molar-refractivity contribution in [2.45, 2.75) is 0 Å². The van der Waals surface area contributed by atoms with Gasteiger partial charge in [0.15, 0.2) is 0 Å². The van der Waals surface area contributed by atoms with Gasteiger partial charge in [-0.05, 0) is 0 Å². The van der Waals surface area contributed by atoms with Crippen LogP contribution in [0, 0.1) is 0 Å². The third-order valence-electron chi connectivity index (χ3n) is 2.17. The van der Waals surface area contributed by atoms with Crippen LogP contribution >= 0.6 is 0 Å². The number of carboxylic acid groups (broad SMARTS) is 4. The van der Waals surface area contributed by atoms with E-state index in [1.807, 2.05) is 0 Å². The first kappa shape index (κ1) is 21.9. The highest BCUT2D eigenvalue weighted by molar-refractivity contribution is 5.75. The zero-order chi connectivity index (χ0) is 15.7. The first-order valence-electron chi connectivity index (χ1n) is 5.52. The van der Waals surface area contributed by atoms with Crippen molar-refractivity contribution in [2.75, 3.05) is 39.3 Å². The molecule has 0 aliphatic heterocycles. The topological polar surface area (TPSA) is 156 Å². The fourth-order valence-corrected chi connectivity index (χ4v) is 1.48. The van der Waals surface area contributed by atoms with Crippen LogP contribution in [0.3, 0.4) is 0 Å². The third-order valence-corrected chi connectivity index (χ3v) is 2.17. The molecule has 116 valence electrons. The second-order valence-corrected chi connectivity index (χ2v) is 4.00. The van der Waals surface area contributed by atoms with E-state index in [9.17, 15) is 19.2 Å². The van der Waals surface area contributed by atoms with Gasteiger partial charge in [0.25, 0.3) is 0 Å². The number of carboxylic acids is 4. The van der Waals surface area contributed by atoms with Crippen molar-refractivity contribution in [1.82, 2.24) is 9.80 Å². The van der Waals surface area contributed by atoms with Gasteiger partial charge in [-0.3, -0.25) is 29.0 Å². The summed E-state index contributed by atoms with van der Waals surface area (Å²) in [5.41, 5.74) is 0. The summed E-state index contributed by atoms with van der Waals surface area (Å²) in [6.07, 6.45) is 0. The van der Waals surface area contributed by atoms with Crippen LogP contribution in [0.4, 0.5) is 0 Å². The maximum absolute atomic E-state index is 10.6. The van der Waals surface area contributed by atoms with Crippen LogP contribution in [0.25, 0.3) is 0 Å². The maximum Gasteiger partial charge on any atom is 0.317 e. The maximum atomic E-state index is 10.6. The van der Waals surface area contributed by atoms with Crippen LogP contribution in [-0.2, 0) is 19.2 Å². The Morgan fingerprint density at radius 3 is 0.905 bits per heavy atom. The van der Waals surface area contributed by atoms with E-state index in [2.05, 4.69) is 0 Å². The predicted octanol–water partition coefficient (Wildman–Crippen LogP) is -2.45. The molecule has 0 spiro atoms. The molecule has 0 aliphatic carbocycles. The van der Waals surface area contributed by atoms with E-state index >= 15 is 0 Å². The first-order valence-corrected chi connectivity index (χ1v) is 5.52. The third kappa shape index (κ3) is 13.3. The molecule has 0 aromatic heterocycles. The molecule has 0 amide bonds. The first-order chi connectivity index (χ1) is 9.20. The molecule has 0 aromatic carbocycles. The highest BCUT2D eigenvalue weighted by Crippen LogP contribution is 1.94. The second-order valence-electron chi connectivity index (χ2n) is 4.00. The van der Waals surface area contributed by atoms with Crippen molar-refractivity contribution in [1.29, 1.82) is 0 Å². The Morgan fingerprint density at radius 2 is 0.762 bits per heavy atom. The van der Waals surface area contributed by atoms with Crippen LogP contribution in [0.1, 0.15) is 0 Å². The molecule has 21 heavy (non-hydrogen) atoms. The molecule has 4 N–H and O–H groups in total. The zero-order valence-corrected chi connectivity index (χ0v) is 12.7. The molecular formula is C10H16MgN2O8. The van der Waals surface area contributed by atoms with Crippen LogP contribution < -0.4 is 0 Å². The van der Waals surface area contributed by atoms with E-state index in [1.54, 1.807) is 0 Å². The predicted molar refractivity (Wildman–Crippen MR) is 69.2 cm³/mol. The SMILES string of the molecule is O=C(O)CN(CCN(CC(=O)O)CC(=O)O)CC(=O)O.[Mg]. The largest absolute Gasteiger partial charge is 0.480 e. The summed E-state index contributed by atoms with van der Waals surface area (Å²) in [7, 11) is 0. The van der Waals surface area contributed by atoms with E-state index in [-0.39, 0.29) is 36.1 Å². The van der Waals surface area contributed by atoms with Gasteiger partial charge in [-0.2, -0.15) is 0 Å². The summed E-state index contributed by atoms with van der Waals surface area (Å²) in [5, 5.41) is 34.5. The molecular weight excluding hydrogens is 300 g/mol. The Kier molecular flexibility index (Phi) is 11.7. The lowest BCUT2D eigenvalue weighted by Gasteiger charge is -2.23. The summed E-state index contributed by atoms with van der Waals surface area (Å²) in [6, 6.07) is 0. The molecule has 0 heterocycles. The molecule has 2 radical (unpaired) electrons. The fourth-order valence-electron chi connectivity index (χ4n) is 1.48. The molecule has 0 atom stereocenters. The number of hydrogen-bond donors (Lipinski definition) is 4. The molecule has 0 bridgehead atoms. The van der Waals surface area contributed by atoms with Gasteiger partial charge in [0.05, 0.1) is 26.2 Å². The Hall–Kier alpha value is -1.43. The molecule has 0 aliphatic rings. The fraction of sp³-hybridized carbons (Fsp3) is 0.600. The average Bonchev–Trinajstić information content (AvgIpc) is 2.22. The summed E-state index contributed by atoms with van der Waals surface area (Å²) >= 11 is 0. The van der Waals surface area contributed by atoms with Gasteiger partial charge in [0.2, 0.25) is 0 Å². The normalized spacial score (nSPS) is 10.2. The minimum absolute atomic E-state index is 0. The smallest absolute Gasteiger partial charge is 0.317 e. The van der Waals surface area contributed by atoms with E-state index in [4.69, 9.17) is 20.4 Å². The van der Waals surface area contributed by atoms with Gasteiger partial charge in [-0.1, -0.05) is 0 Å². The van der Waals surface area contributed by atoms with Crippen LogP contribution in [-0.4, -0.2) is 116 Å². The molecule has 11 heteroatoms. The van der Waals surface area contributed by atoms with Crippen molar-refractivity contribution in [3.8, 4) is 0 Å². The van der Waals surface area contributed by atoms with Crippen molar-refractivity contribution >= 4 is 46.9 Å². The van der Waals surface area contributed by atoms with Crippen LogP contribution in [0.2, 0.25) is 0 Å². The van der Waals surface area contributed by atoms with E-state index < -0.39 is 50.1 Å². The highest BCUT2D eigenvalue weighted by Gasteiger charge is 2.17. The van der Waals surface area contributed by atoms with Crippen molar-refractivity contribution < 1.29 is 39.6 Å². The van der Waals surface area contributed by atoms with E-state index in [0.717, 1.165) is 9.80 Å². The second kappa shape index (κ2) is 11.3. The molecule has 0 fully saturated rings. The minimum Gasteiger partial charge on any atom is -0.480 e. The van der Waals surface area contributed by atoms with Gasteiger partial charge in [-0.25, -0.2) is 0 Å². The standard InChI is InChI=1S/C10H16N2O8.Mg/c13-7(14)3-11(4-8(15)16)1-2-12(5-9(17)18)6-10(19)20;/h1-6H2,(H,13,14)(H,15,16)(H,17,18)(H,19,20);. The lowest BCUT2D eigenvalue weighted by Crippen LogP contribution is -2.43. The summed E-state index contributed by atoms with van der Waals surface area (Å²) in [4.78, 5) is 44.4. The average molecular weight is 317 g/mol. The molecule has 0 rings (SSSR count). The zero-order valence-electron chi connectivity index (χ0n) is 11.3. The molecule has 10 nitrogen and oxygen atoms in total. The number of nitrogens with zero attached hydrogens (tertiary/aromatic N) is 2. The molecule has 0 aromatic rings. The Labute approximate surface area is 136 Å². The van der Waals surface area contributed by atoms with Crippen LogP contribution in [0.15, 0.2) is 0 Å². The lowest BCUT2D eigenvalue weighted by atomic mass is 10.4. The summed E-state index contributed by atoms with van der Waals surface area (Å²) < 4.78 is 0. The number of aliphatic carboxylic acids is 4. The van der Waals surface area contributed by atoms with Crippen molar-refractivity contribution in [2.24, 2.45) is 0 Å². The number of carbonyl (C=O) groups is 4. The van der Waals surface area contributed by atoms with Crippen LogP contribution in [0.5, 0.6) is 0 Å². The monoisotopic (exact) mass is 316 g/mol. The van der Waals surface area contributed by atoms with E-state index in [0.29, 0.717) is 0 Å². The van der Waals surface area contributed by atoms with Crippen molar-refractivity contribution in [3.63, 3.8) is 0 Å². The number of rotatable bonds is 11. The highest BCUT2D eigenvalue weighted by atomic mass is 24.3. The molecule has 0 unspecified atom stereocenters. The Balaban J connectivity index is 0. The van der Waals surface area contributed by atoms with Crippen molar-refractivity contribution in [3.05, 3.63) is 0 Å². The Morgan fingerprint density at radius 1 is 0.571 bits per heavy atom. The lowest BCUT2D eigenvalue weighted by molar-refractivity contribution is -0.145. The summed E-state index contributed by atoms with van der Waals surface area (Å²) in [5.74, 6) is -4.91.